The number of fused-ring (bicyclic) bond motifs is 1. The third kappa shape index (κ3) is 4.24. The van der Waals surface area contributed by atoms with Crippen molar-refractivity contribution in [2.75, 3.05) is 18.8 Å². The van der Waals surface area contributed by atoms with Gasteiger partial charge in [0.25, 0.3) is 0 Å². The SMILES string of the molecule is Nc1ccc2cc(OC3CN(Cc4ccc(Oc5ccccc5)cc4)C3)ccc2c1. The van der Waals surface area contributed by atoms with Crippen molar-refractivity contribution in [2.24, 2.45) is 0 Å². The Kier molecular flexibility index (Phi) is 4.99. The molecule has 4 nitrogen and oxygen atoms in total. The maximum absolute atomic E-state index is 6.15. The van der Waals surface area contributed by atoms with E-state index >= 15 is 0 Å². The highest BCUT2D eigenvalue weighted by molar-refractivity contribution is 5.86. The largest absolute Gasteiger partial charge is 0.488 e. The van der Waals surface area contributed by atoms with E-state index in [9.17, 15) is 0 Å². The van der Waals surface area contributed by atoms with Gasteiger partial charge in [0, 0.05) is 25.3 Å². The van der Waals surface area contributed by atoms with E-state index in [4.69, 9.17) is 15.2 Å². The molecule has 0 aromatic heterocycles. The van der Waals surface area contributed by atoms with E-state index < -0.39 is 0 Å². The predicted molar refractivity (Wildman–Crippen MR) is 121 cm³/mol. The molecular formula is C26H24N2O2. The molecule has 1 aliphatic rings. The third-order valence-corrected chi connectivity index (χ3v) is 5.37. The normalized spacial score (nSPS) is 14.4. The molecule has 4 heteroatoms. The van der Waals surface area contributed by atoms with E-state index in [0.29, 0.717) is 0 Å². The Morgan fingerprint density at radius 2 is 1.40 bits per heavy atom. The topological polar surface area (TPSA) is 47.7 Å². The first-order valence-corrected chi connectivity index (χ1v) is 10.2. The van der Waals surface area contributed by atoms with Crippen molar-refractivity contribution in [2.45, 2.75) is 12.6 Å². The number of nitrogen functional groups attached to an aromatic ring is 1. The lowest BCUT2D eigenvalue weighted by molar-refractivity contribution is 0.0146. The van der Waals surface area contributed by atoms with Crippen molar-refractivity contribution in [3.05, 3.63) is 96.6 Å². The van der Waals surface area contributed by atoms with Gasteiger partial charge in [-0.25, -0.2) is 0 Å². The highest BCUT2D eigenvalue weighted by Gasteiger charge is 2.28. The molecule has 30 heavy (non-hydrogen) atoms. The molecule has 0 radical (unpaired) electrons. The Morgan fingerprint density at radius 1 is 0.733 bits per heavy atom. The van der Waals surface area contributed by atoms with Gasteiger partial charge in [-0.3, -0.25) is 4.90 Å². The Bertz CT molecular complexity index is 1140. The zero-order chi connectivity index (χ0) is 20.3. The lowest BCUT2D eigenvalue weighted by atomic mass is 10.1. The van der Waals surface area contributed by atoms with Crippen LogP contribution in [0.15, 0.2) is 91.0 Å². The first-order chi connectivity index (χ1) is 14.7. The van der Waals surface area contributed by atoms with Gasteiger partial charge in [0.15, 0.2) is 0 Å². The van der Waals surface area contributed by atoms with Crippen LogP contribution in [0.2, 0.25) is 0 Å². The summed E-state index contributed by atoms with van der Waals surface area (Å²) in [6.45, 7) is 2.78. The highest BCUT2D eigenvalue weighted by Crippen LogP contribution is 2.26. The molecule has 4 aromatic carbocycles. The van der Waals surface area contributed by atoms with Gasteiger partial charge in [0.05, 0.1) is 0 Å². The fourth-order valence-corrected chi connectivity index (χ4v) is 3.78. The van der Waals surface area contributed by atoms with Crippen molar-refractivity contribution in [3.63, 3.8) is 0 Å². The second-order valence-electron chi connectivity index (χ2n) is 7.76. The minimum Gasteiger partial charge on any atom is -0.488 e. The molecule has 1 saturated heterocycles. The monoisotopic (exact) mass is 396 g/mol. The van der Waals surface area contributed by atoms with Gasteiger partial charge in [-0.15, -0.1) is 0 Å². The van der Waals surface area contributed by atoms with E-state index in [-0.39, 0.29) is 6.10 Å². The Balaban J connectivity index is 1.12. The molecular weight excluding hydrogens is 372 g/mol. The summed E-state index contributed by atoms with van der Waals surface area (Å²) in [5.41, 5.74) is 7.91. The first kappa shape index (κ1) is 18.5. The van der Waals surface area contributed by atoms with E-state index in [0.717, 1.165) is 53.3 Å². The molecule has 0 saturated carbocycles. The van der Waals surface area contributed by atoms with Gasteiger partial charge in [-0.05, 0) is 64.9 Å². The minimum absolute atomic E-state index is 0.233. The average molecular weight is 396 g/mol. The average Bonchev–Trinajstić information content (AvgIpc) is 2.74. The predicted octanol–water partition coefficient (Wildman–Crippen LogP) is 5.48. The van der Waals surface area contributed by atoms with Crippen molar-refractivity contribution >= 4 is 16.5 Å². The maximum Gasteiger partial charge on any atom is 0.127 e. The molecule has 2 N–H and O–H groups in total. The van der Waals surface area contributed by atoms with Crippen LogP contribution in [-0.4, -0.2) is 24.1 Å². The number of hydrogen-bond donors (Lipinski definition) is 1. The quantitative estimate of drug-likeness (QED) is 0.439. The third-order valence-electron chi connectivity index (χ3n) is 5.37. The molecule has 0 spiro atoms. The molecule has 150 valence electrons. The molecule has 0 unspecified atom stereocenters. The minimum atomic E-state index is 0.233. The second-order valence-corrected chi connectivity index (χ2v) is 7.76. The Morgan fingerprint density at radius 3 is 2.20 bits per heavy atom. The maximum atomic E-state index is 6.15. The summed E-state index contributed by atoms with van der Waals surface area (Å²) in [6.07, 6.45) is 0.233. The number of ether oxygens (including phenoxy) is 2. The Labute approximate surface area is 176 Å². The van der Waals surface area contributed by atoms with E-state index in [1.54, 1.807) is 0 Å². The molecule has 1 fully saturated rings. The van der Waals surface area contributed by atoms with Gasteiger partial charge in [-0.2, -0.15) is 0 Å². The zero-order valence-electron chi connectivity index (χ0n) is 16.7. The van der Waals surface area contributed by atoms with Crippen molar-refractivity contribution < 1.29 is 9.47 Å². The van der Waals surface area contributed by atoms with Crippen LogP contribution in [-0.2, 0) is 6.54 Å². The van der Waals surface area contributed by atoms with Gasteiger partial charge < -0.3 is 15.2 Å². The van der Waals surface area contributed by atoms with E-state index in [1.165, 1.54) is 5.56 Å². The summed E-state index contributed by atoms with van der Waals surface area (Å²) >= 11 is 0. The molecule has 1 aliphatic heterocycles. The fourth-order valence-electron chi connectivity index (χ4n) is 3.78. The summed E-state index contributed by atoms with van der Waals surface area (Å²) in [5, 5.41) is 2.29. The molecule has 0 bridgehead atoms. The number of likely N-dealkylation sites (tertiary alicyclic amines) is 1. The van der Waals surface area contributed by atoms with Gasteiger partial charge in [-0.1, -0.05) is 42.5 Å². The fraction of sp³-hybridized carbons (Fsp3) is 0.154. The number of nitrogens with zero attached hydrogens (tertiary/aromatic N) is 1. The summed E-state index contributed by atoms with van der Waals surface area (Å²) in [7, 11) is 0. The van der Waals surface area contributed by atoms with Gasteiger partial charge >= 0.3 is 0 Å². The molecule has 0 aliphatic carbocycles. The van der Waals surface area contributed by atoms with Crippen LogP contribution in [0.5, 0.6) is 17.2 Å². The van der Waals surface area contributed by atoms with Gasteiger partial charge in [0.1, 0.15) is 23.4 Å². The molecule has 0 amide bonds. The first-order valence-electron chi connectivity index (χ1n) is 10.2. The number of para-hydroxylation sites is 1. The highest BCUT2D eigenvalue weighted by atomic mass is 16.5. The number of rotatable bonds is 6. The summed E-state index contributed by atoms with van der Waals surface area (Å²) in [5.74, 6) is 2.62. The molecule has 1 heterocycles. The van der Waals surface area contributed by atoms with Crippen molar-refractivity contribution in [3.8, 4) is 17.2 Å². The van der Waals surface area contributed by atoms with E-state index in [1.807, 2.05) is 66.7 Å². The summed E-state index contributed by atoms with van der Waals surface area (Å²) in [4.78, 5) is 2.39. The van der Waals surface area contributed by atoms with Crippen molar-refractivity contribution in [1.82, 2.24) is 4.90 Å². The standard InChI is InChI=1S/C26H24N2O2/c27-22-10-8-21-15-25(13-9-20(21)14-22)30-26-17-28(18-26)16-19-6-11-24(12-7-19)29-23-4-2-1-3-5-23/h1-15,26H,16-18,27H2. The van der Waals surface area contributed by atoms with Crippen LogP contribution in [0.3, 0.4) is 0 Å². The van der Waals surface area contributed by atoms with Crippen LogP contribution in [0.4, 0.5) is 5.69 Å². The lowest BCUT2D eigenvalue weighted by Gasteiger charge is -2.39. The molecule has 4 aromatic rings. The second kappa shape index (κ2) is 8.09. The smallest absolute Gasteiger partial charge is 0.127 e. The van der Waals surface area contributed by atoms with Crippen LogP contribution in [0, 0.1) is 0 Å². The summed E-state index contributed by atoms with van der Waals surface area (Å²) in [6, 6.07) is 30.3. The van der Waals surface area contributed by atoms with E-state index in [2.05, 4.69) is 29.2 Å². The number of nitrogens with two attached hydrogens (primary N) is 1. The number of hydrogen-bond acceptors (Lipinski definition) is 4. The van der Waals surface area contributed by atoms with Crippen LogP contribution < -0.4 is 15.2 Å². The van der Waals surface area contributed by atoms with Crippen LogP contribution >= 0.6 is 0 Å². The summed E-state index contributed by atoms with van der Waals surface area (Å²) < 4.78 is 12.0. The van der Waals surface area contributed by atoms with Crippen LogP contribution in [0.1, 0.15) is 5.56 Å². The van der Waals surface area contributed by atoms with Gasteiger partial charge in [0.2, 0.25) is 0 Å². The van der Waals surface area contributed by atoms with Crippen LogP contribution in [0.25, 0.3) is 10.8 Å². The van der Waals surface area contributed by atoms with Crippen molar-refractivity contribution in [1.29, 1.82) is 0 Å². The zero-order valence-corrected chi connectivity index (χ0v) is 16.7. The Hall–Kier alpha value is -3.50. The molecule has 5 rings (SSSR count). The lowest BCUT2D eigenvalue weighted by Crippen LogP contribution is -2.53. The number of anilines is 1. The number of benzene rings is 4. The molecule has 0 atom stereocenters.